The van der Waals surface area contributed by atoms with E-state index in [0.29, 0.717) is 0 Å². The minimum atomic E-state index is -1.12. The van der Waals surface area contributed by atoms with Crippen LogP contribution in [0.15, 0.2) is 12.2 Å². The zero-order valence-electron chi connectivity index (χ0n) is 14.5. The number of hydrogen-bond donors (Lipinski definition) is 1. The molecule has 0 atom stereocenters. The molecule has 1 aliphatic carbocycles. The number of carbonyl (C=O) groups excluding carboxylic acids is 1. The van der Waals surface area contributed by atoms with Crippen LogP contribution in [0.2, 0.25) is 0 Å². The van der Waals surface area contributed by atoms with Gasteiger partial charge in [-0.1, -0.05) is 51.9 Å². The van der Waals surface area contributed by atoms with E-state index in [9.17, 15) is 9.59 Å². The lowest BCUT2D eigenvalue weighted by molar-refractivity contribution is -0.154. The number of carboxylic acid groups (broad SMARTS) is 1. The molecule has 0 saturated heterocycles. The Labute approximate surface area is 140 Å². The molecule has 132 valence electrons. The Morgan fingerprint density at radius 2 is 1.52 bits per heavy atom. The first kappa shape index (κ1) is 19.7. The Balaban J connectivity index is 2.26. The van der Waals surface area contributed by atoms with E-state index in [1.54, 1.807) is 0 Å². The molecule has 1 saturated carbocycles. The number of carboxylic acids is 1. The van der Waals surface area contributed by atoms with Gasteiger partial charge in [0.05, 0.1) is 0 Å². The van der Waals surface area contributed by atoms with Crippen molar-refractivity contribution >= 4 is 11.9 Å². The molecule has 0 unspecified atom stereocenters. The highest BCUT2D eigenvalue weighted by molar-refractivity contribution is 5.90. The van der Waals surface area contributed by atoms with E-state index in [-0.39, 0.29) is 5.60 Å². The Morgan fingerprint density at radius 3 is 2.09 bits per heavy atom. The SMILES string of the molecule is CCCCCCCCCCC1(OC(=O)/C=C\C(=O)O)CCCC1. The van der Waals surface area contributed by atoms with Crippen LogP contribution in [-0.4, -0.2) is 22.6 Å². The van der Waals surface area contributed by atoms with Gasteiger partial charge in [0.1, 0.15) is 5.60 Å². The van der Waals surface area contributed by atoms with E-state index in [1.807, 2.05) is 0 Å². The third-order valence-corrected chi connectivity index (χ3v) is 4.68. The lowest BCUT2D eigenvalue weighted by atomic mass is 9.93. The molecule has 23 heavy (non-hydrogen) atoms. The predicted octanol–water partition coefficient (Wildman–Crippen LogP) is 5.01. The normalized spacial score (nSPS) is 16.7. The van der Waals surface area contributed by atoms with Gasteiger partial charge in [0.25, 0.3) is 0 Å². The van der Waals surface area contributed by atoms with Crippen LogP contribution in [0.25, 0.3) is 0 Å². The first-order valence-corrected chi connectivity index (χ1v) is 9.22. The number of carbonyl (C=O) groups is 2. The number of aliphatic carboxylic acids is 1. The summed E-state index contributed by atoms with van der Waals surface area (Å²) in [5.74, 6) is -1.64. The standard InChI is InChI=1S/C19H32O4/c1-2-3-4-5-6-7-8-9-14-19(15-10-11-16-19)23-18(22)13-12-17(20)21/h12-13H,2-11,14-16H2,1H3,(H,20,21)/b13-12-. The summed E-state index contributed by atoms with van der Waals surface area (Å²) in [5.41, 5.74) is -0.345. The fourth-order valence-corrected chi connectivity index (χ4v) is 3.39. The summed E-state index contributed by atoms with van der Waals surface area (Å²) in [6.07, 6.45) is 16.9. The second-order valence-electron chi connectivity index (χ2n) is 6.71. The average Bonchev–Trinajstić information content (AvgIpc) is 2.96. The maximum Gasteiger partial charge on any atom is 0.331 e. The molecule has 0 radical (unpaired) electrons. The molecular formula is C19H32O4. The number of rotatable bonds is 12. The van der Waals surface area contributed by atoms with Crippen molar-refractivity contribution in [2.75, 3.05) is 0 Å². The van der Waals surface area contributed by atoms with E-state index in [2.05, 4.69) is 6.92 Å². The quantitative estimate of drug-likeness (QED) is 0.311. The molecule has 4 nitrogen and oxygen atoms in total. The molecule has 1 rings (SSSR count). The number of unbranched alkanes of at least 4 members (excludes halogenated alkanes) is 7. The lowest BCUT2D eigenvalue weighted by Gasteiger charge is -2.28. The van der Waals surface area contributed by atoms with Crippen LogP contribution in [-0.2, 0) is 14.3 Å². The Kier molecular flexibility index (Phi) is 9.65. The van der Waals surface area contributed by atoms with Gasteiger partial charge in [-0.15, -0.1) is 0 Å². The second kappa shape index (κ2) is 11.3. The van der Waals surface area contributed by atoms with E-state index >= 15 is 0 Å². The summed E-state index contributed by atoms with van der Waals surface area (Å²) in [6, 6.07) is 0. The fourth-order valence-electron chi connectivity index (χ4n) is 3.39. The summed E-state index contributed by atoms with van der Waals surface area (Å²) in [4.78, 5) is 22.2. The Morgan fingerprint density at radius 1 is 0.957 bits per heavy atom. The van der Waals surface area contributed by atoms with Crippen LogP contribution in [0.5, 0.6) is 0 Å². The van der Waals surface area contributed by atoms with E-state index in [0.717, 1.165) is 50.7 Å². The van der Waals surface area contributed by atoms with Crippen LogP contribution in [0, 0.1) is 0 Å². The van der Waals surface area contributed by atoms with Crippen molar-refractivity contribution in [2.45, 2.75) is 96.0 Å². The highest BCUT2D eigenvalue weighted by Gasteiger charge is 2.36. The first-order chi connectivity index (χ1) is 11.1. The van der Waals surface area contributed by atoms with Gasteiger partial charge < -0.3 is 9.84 Å². The van der Waals surface area contributed by atoms with Crippen molar-refractivity contribution in [3.8, 4) is 0 Å². The molecule has 1 N–H and O–H groups in total. The topological polar surface area (TPSA) is 63.6 Å². The monoisotopic (exact) mass is 324 g/mol. The zero-order chi connectivity index (χ0) is 17.0. The van der Waals surface area contributed by atoms with Gasteiger partial charge in [-0.25, -0.2) is 9.59 Å². The third-order valence-electron chi connectivity index (χ3n) is 4.68. The van der Waals surface area contributed by atoms with Crippen LogP contribution >= 0.6 is 0 Å². The van der Waals surface area contributed by atoms with Gasteiger partial charge in [0.2, 0.25) is 0 Å². The largest absolute Gasteiger partial charge is 0.478 e. The van der Waals surface area contributed by atoms with Crippen molar-refractivity contribution in [1.29, 1.82) is 0 Å². The second-order valence-corrected chi connectivity index (χ2v) is 6.71. The summed E-state index contributed by atoms with van der Waals surface area (Å²) in [7, 11) is 0. The summed E-state index contributed by atoms with van der Waals surface area (Å²) in [6.45, 7) is 2.23. The molecule has 0 aromatic carbocycles. The summed E-state index contributed by atoms with van der Waals surface area (Å²) < 4.78 is 5.62. The molecule has 0 aromatic heterocycles. The number of hydrogen-bond acceptors (Lipinski definition) is 3. The number of esters is 1. The molecular weight excluding hydrogens is 292 g/mol. The smallest absolute Gasteiger partial charge is 0.331 e. The Bertz CT molecular complexity index is 381. The molecule has 1 fully saturated rings. The molecule has 0 amide bonds. The zero-order valence-corrected chi connectivity index (χ0v) is 14.5. The minimum absolute atomic E-state index is 0.345. The van der Waals surface area contributed by atoms with Gasteiger partial charge >= 0.3 is 11.9 Å². The fraction of sp³-hybridized carbons (Fsp3) is 0.789. The van der Waals surface area contributed by atoms with Gasteiger partial charge in [0, 0.05) is 12.2 Å². The number of ether oxygens (including phenoxy) is 1. The predicted molar refractivity (Wildman–Crippen MR) is 91.3 cm³/mol. The van der Waals surface area contributed by atoms with Crippen LogP contribution < -0.4 is 0 Å². The minimum Gasteiger partial charge on any atom is -0.478 e. The molecule has 0 aromatic rings. The molecule has 0 aliphatic heterocycles. The van der Waals surface area contributed by atoms with Crippen molar-refractivity contribution < 1.29 is 19.4 Å². The molecule has 4 heteroatoms. The van der Waals surface area contributed by atoms with E-state index in [4.69, 9.17) is 9.84 Å². The average molecular weight is 324 g/mol. The Hall–Kier alpha value is -1.32. The van der Waals surface area contributed by atoms with E-state index < -0.39 is 11.9 Å². The molecule has 0 spiro atoms. The van der Waals surface area contributed by atoms with Crippen molar-refractivity contribution in [3.63, 3.8) is 0 Å². The summed E-state index contributed by atoms with van der Waals surface area (Å²) >= 11 is 0. The third kappa shape index (κ3) is 8.77. The van der Waals surface area contributed by atoms with Gasteiger partial charge in [-0.2, -0.15) is 0 Å². The van der Waals surface area contributed by atoms with Crippen LogP contribution in [0.3, 0.4) is 0 Å². The van der Waals surface area contributed by atoms with E-state index in [1.165, 1.54) is 44.9 Å². The highest BCUT2D eigenvalue weighted by Crippen LogP contribution is 2.37. The summed E-state index contributed by atoms with van der Waals surface area (Å²) in [5, 5.41) is 8.57. The maximum absolute atomic E-state index is 11.8. The molecule has 0 bridgehead atoms. The van der Waals surface area contributed by atoms with Gasteiger partial charge in [0.15, 0.2) is 0 Å². The van der Waals surface area contributed by atoms with Gasteiger partial charge in [-0.05, 0) is 38.5 Å². The molecule has 0 heterocycles. The van der Waals surface area contributed by atoms with Crippen molar-refractivity contribution in [1.82, 2.24) is 0 Å². The van der Waals surface area contributed by atoms with Crippen molar-refractivity contribution in [3.05, 3.63) is 12.2 Å². The maximum atomic E-state index is 11.8. The first-order valence-electron chi connectivity index (χ1n) is 9.22. The van der Waals surface area contributed by atoms with Crippen LogP contribution in [0.4, 0.5) is 0 Å². The van der Waals surface area contributed by atoms with Crippen molar-refractivity contribution in [2.24, 2.45) is 0 Å². The van der Waals surface area contributed by atoms with Crippen LogP contribution in [0.1, 0.15) is 90.4 Å². The van der Waals surface area contributed by atoms with Gasteiger partial charge in [-0.3, -0.25) is 0 Å². The molecule has 1 aliphatic rings. The highest BCUT2D eigenvalue weighted by atomic mass is 16.6. The lowest BCUT2D eigenvalue weighted by Crippen LogP contribution is -2.31.